The minimum Gasteiger partial charge on any atom is -0.484 e. The second-order valence-corrected chi connectivity index (χ2v) is 4.50. The zero-order chi connectivity index (χ0) is 16.4. The van der Waals surface area contributed by atoms with Gasteiger partial charge >= 0.3 is 5.97 Å². The van der Waals surface area contributed by atoms with Gasteiger partial charge in [0.2, 0.25) is 5.76 Å². The number of carbonyl (C=O) groups is 1. The van der Waals surface area contributed by atoms with E-state index in [9.17, 15) is 15.0 Å². The molecular formula is C15H20O7. The molecule has 7 nitrogen and oxygen atoms in total. The van der Waals surface area contributed by atoms with Crippen LogP contribution in [0, 0.1) is 0 Å². The number of carbonyl (C=O) groups excluding carboxylic acids is 1. The molecule has 22 heavy (non-hydrogen) atoms. The number of rotatable bonds is 9. The van der Waals surface area contributed by atoms with Crippen molar-refractivity contribution < 1.29 is 34.7 Å². The van der Waals surface area contributed by atoms with Crippen molar-refractivity contribution >= 4 is 12.0 Å². The first kappa shape index (κ1) is 18.1. The van der Waals surface area contributed by atoms with Crippen LogP contribution >= 0.6 is 0 Å². The maximum atomic E-state index is 11.9. The average molecular weight is 312 g/mol. The van der Waals surface area contributed by atoms with Crippen LogP contribution in [0.3, 0.4) is 0 Å². The molecule has 0 aliphatic heterocycles. The molecule has 1 aromatic carbocycles. The second-order valence-electron chi connectivity index (χ2n) is 4.50. The summed E-state index contributed by atoms with van der Waals surface area (Å²) in [5, 5.41) is 35.9. The summed E-state index contributed by atoms with van der Waals surface area (Å²) in [5.41, 5.74) is 0.677. The highest BCUT2D eigenvalue weighted by atomic mass is 16.6. The molecule has 1 rings (SSSR count). The summed E-state index contributed by atoms with van der Waals surface area (Å²) in [4.78, 5) is 11.9. The van der Waals surface area contributed by atoms with Crippen LogP contribution in [-0.4, -0.2) is 65.0 Å². The van der Waals surface area contributed by atoms with Gasteiger partial charge in [0, 0.05) is 0 Å². The number of aliphatic hydroxyl groups excluding tert-OH is 4. The largest absolute Gasteiger partial charge is 0.484 e. The highest BCUT2D eigenvalue weighted by Gasteiger charge is 2.16. The molecule has 0 aromatic heterocycles. The Kier molecular flexibility index (Phi) is 8.16. The maximum absolute atomic E-state index is 11.9. The molecule has 122 valence electrons. The molecule has 0 bridgehead atoms. The minimum atomic E-state index is -1.18. The van der Waals surface area contributed by atoms with Gasteiger partial charge < -0.3 is 29.9 Å². The molecule has 0 spiro atoms. The van der Waals surface area contributed by atoms with Crippen molar-refractivity contribution in [2.24, 2.45) is 0 Å². The number of esters is 1. The van der Waals surface area contributed by atoms with Gasteiger partial charge in [0.15, 0.2) is 0 Å². The van der Waals surface area contributed by atoms with Crippen LogP contribution in [0.5, 0.6) is 0 Å². The van der Waals surface area contributed by atoms with E-state index in [0.717, 1.165) is 0 Å². The van der Waals surface area contributed by atoms with Crippen molar-refractivity contribution in [1.29, 1.82) is 0 Å². The summed E-state index contributed by atoms with van der Waals surface area (Å²) in [6.07, 6.45) is -0.891. The van der Waals surface area contributed by atoms with Gasteiger partial charge in [-0.05, 0) is 11.6 Å². The van der Waals surface area contributed by atoms with Gasteiger partial charge in [-0.1, -0.05) is 30.3 Å². The Hall–Kier alpha value is -1.93. The van der Waals surface area contributed by atoms with Gasteiger partial charge in [0.05, 0.1) is 13.2 Å². The van der Waals surface area contributed by atoms with Gasteiger partial charge in [-0.2, -0.15) is 0 Å². The number of benzene rings is 1. The lowest BCUT2D eigenvalue weighted by Crippen LogP contribution is -2.25. The average Bonchev–Trinajstić information content (AvgIpc) is 2.56. The number of ether oxygens (including phenoxy) is 2. The van der Waals surface area contributed by atoms with Crippen molar-refractivity contribution in [3.8, 4) is 0 Å². The first-order valence-electron chi connectivity index (χ1n) is 6.71. The predicted octanol–water partition coefficient (Wildman–Crippen LogP) is -0.706. The fourth-order valence-corrected chi connectivity index (χ4v) is 1.39. The van der Waals surface area contributed by atoms with Crippen molar-refractivity contribution in [2.45, 2.75) is 12.2 Å². The van der Waals surface area contributed by atoms with E-state index >= 15 is 0 Å². The molecule has 0 heterocycles. The van der Waals surface area contributed by atoms with E-state index in [0.29, 0.717) is 5.56 Å². The Labute approximate surface area is 128 Å². The molecule has 4 N–H and O–H groups in total. The highest BCUT2D eigenvalue weighted by molar-refractivity contribution is 5.91. The monoisotopic (exact) mass is 312 g/mol. The second kappa shape index (κ2) is 9.91. The Morgan fingerprint density at radius 3 is 2.09 bits per heavy atom. The number of hydrogen-bond donors (Lipinski definition) is 4. The third kappa shape index (κ3) is 6.68. The van der Waals surface area contributed by atoms with Gasteiger partial charge in [0.25, 0.3) is 0 Å². The lowest BCUT2D eigenvalue weighted by molar-refractivity contribution is -0.147. The van der Waals surface area contributed by atoms with Crippen LogP contribution in [0.25, 0.3) is 6.08 Å². The Morgan fingerprint density at radius 2 is 1.55 bits per heavy atom. The molecule has 0 aliphatic rings. The molecular weight excluding hydrogens is 292 g/mol. The van der Waals surface area contributed by atoms with Crippen LogP contribution in [0.4, 0.5) is 0 Å². The molecule has 0 fully saturated rings. The summed E-state index contributed by atoms with van der Waals surface area (Å²) >= 11 is 0. The van der Waals surface area contributed by atoms with Gasteiger partial charge in [0.1, 0.15) is 25.4 Å². The van der Waals surface area contributed by atoms with Crippen LogP contribution < -0.4 is 0 Å². The van der Waals surface area contributed by atoms with E-state index in [2.05, 4.69) is 0 Å². The van der Waals surface area contributed by atoms with E-state index in [1.807, 2.05) is 6.07 Å². The summed E-state index contributed by atoms with van der Waals surface area (Å²) < 4.78 is 9.97. The zero-order valence-electron chi connectivity index (χ0n) is 12.0. The lowest BCUT2D eigenvalue weighted by Gasteiger charge is -2.14. The summed E-state index contributed by atoms with van der Waals surface area (Å²) in [7, 11) is 0. The molecule has 0 saturated heterocycles. The maximum Gasteiger partial charge on any atom is 0.373 e. The zero-order valence-corrected chi connectivity index (χ0v) is 12.0. The Bertz CT molecular complexity index is 472. The van der Waals surface area contributed by atoms with Crippen molar-refractivity contribution in [1.82, 2.24) is 0 Å². The van der Waals surface area contributed by atoms with Crippen LogP contribution in [-0.2, 0) is 14.3 Å². The van der Waals surface area contributed by atoms with Gasteiger partial charge in [-0.15, -0.1) is 0 Å². The standard InChI is InChI=1S/C15H20O7/c16-7-12(18)9-21-14(6-11-4-2-1-3-5-11)15(20)22-10-13(19)8-17/h1-6,12-13,16-19H,7-10H2. The molecule has 7 heteroatoms. The van der Waals surface area contributed by atoms with Crippen molar-refractivity contribution in [2.75, 3.05) is 26.4 Å². The molecule has 0 radical (unpaired) electrons. The molecule has 0 amide bonds. The van der Waals surface area contributed by atoms with E-state index in [1.54, 1.807) is 24.3 Å². The Balaban J connectivity index is 2.77. The smallest absolute Gasteiger partial charge is 0.373 e. The van der Waals surface area contributed by atoms with E-state index in [1.165, 1.54) is 6.08 Å². The van der Waals surface area contributed by atoms with Crippen molar-refractivity contribution in [3.63, 3.8) is 0 Å². The SMILES string of the molecule is O=C(OCC(O)CO)C(=Cc1ccccc1)OCC(O)CO. The summed E-state index contributed by atoms with van der Waals surface area (Å²) in [5.74, 6) is -1.02. The molecule has 2 atom stereocenters. The number of hydrogen-bond acceptors (Lipinski definition) is 7. The normalized spacial score (nSPS) is 14.3. The fourth-order valence-electron chi connectivity index (χ4n) is 1.39. The van der Waals surface area contributed by atoms with Gasteiger partial charge in [-0.25, -0.2) is 4.79 Å². The van der Waals surface area contributed by atoms with E-state index in [4.69, 9.17) is 19.7 Å². The van der Waals surface area contributed by atoms with Crippen LogP contribution in [0.2, 0.25) is 0 Å². The van der Waals surface area contributed by atoms with E-state index in [-0.39, 0.29) is 19.0 Å². The quantitative estimate of drug-likeness (QED) is 0.270. The van der Waals surface area contributed by atoms with Crippen LogP contribution in [0.15, 0.2) is 36.1 Å². The fraction of sp³-hybridized carbons (Fsp3) is 0.400. The third-order valence-corrected chi connectivity index (χ3v) is 2.56. The minimum absolute atomic E-state index is 0.177. The topological polar surface area (TPSA) is 116 Å². The lowest BCUT2D eigenvalue weighted by atomic mass is 10.2. The molecule has 0 aliphatic carbocycles. The van der Waals surface area contributed by atoms with Crippen LogP contribution in [0.1, 0.15) is 5.56 Å². The number of aliphatic hydroxyl groups is 4. The molecule has 2 unspecified atom stereocenters. The summed E-state index contributed by atoms with van der Waals surface area (Å²) in [6.45, 7) is -1.70. The van der Waals surface area contributed by atoms with Crippen molar-refractivity contribution in [3.05, 3.63) is 41.7 Å². The third-order valence-electron chi connectivity index (χ3n) is 2.56. The molecule has 1 aromatic rings. The highest BCUT2D eigenvalue weighted by Crippen LogP contribution is 2.10. The van der Waals surface area contributed by atoms with E-state index < -0.39 is 31.4 Å². The predicted molar refractivity (Wildman–Crippen MR) is 77.5 cm³/mol. The summed E-state index contributed by atoms with van der Waals surface area (Å²) in [6, 6.07) is 8.83. The first-order valence-corrected chi connectivity index (χ1v) is 6.71. The van der Waals surface area contributed by atoms with Gasteiger partial charge in [-0.3, -0.25) is 0 Å². The first-order chi connectivity index (χ1) is 10.6. The Morgan fingerprint density at radius 1 is 1.00 bits per heavy atom. The molecule has 0 saturated carbocycles.